The average molecular weight is 451 g/mol. The lowest BCUT2D eigenvalue weighted by Gasteiger charge is -2.19. The molecule has 9 nitrogen and oxygen atoms in total. The summed E-state index contributed by atoms with van der Waals surface area (Å²) in [5.74, 6) is 0.129. The molecule has 0 saturated heterocycles. The summed E-state index contributed by atoms with van der Waals surface area (Å²) in [7, 11) is -3.60. The maximum atomic E-state index is 14.1. The van der Waals surface area contributed by atoms with Gasteiger partial charge in [-0.1, -0.05) is 12.1 Å². The Labute approximate surface area is 183 Å². The van der Waals surface area contributed by atoms with Gasteiger partial charge in [-0.25, -0.2) is 27.8 Å². The first-order chi connectivity index (χ1) is 15.2. The van der Waals surface area contributed by atoms with Gasteiger partial charge >= 0.3 is 0 Å². The summed E-state index contributed by atoms with van der Waals surface area (Å²) in [6, 6.07) is 11.9. The van der Waals surface area contributed by atoms with Gasteiger partial charge in [0.2, 0.25) is 0 Å². The second kappa shape index (κ2) is 7.90. The smallest absolute Gasteiger partial charge is 0.177 e. The predicted octanol–water partition coefficient (Wildman–Crippen LogP) is 2.99. The van der Waals surface area contributed by atoms with Crippen LogP contribution in [0.2, 0.25) is 0 Å². The van der Waals surface area contributed by atoms with Crippen molar-refractivity contribution in [2.45, 2.75) is 17.9 Å². The van der Waals surface area contributed by atoms with E-state index < -0.39 is 21.7 Å². The van der Waals surface area contributed by atoms with Crippen molar-refractivity contribution in [3.05, 3.63) is 66.0 Å². The normalized spacial score (nSPS) is 12.4. The van der Waals surface area contributed by atoms with Crippen molar-refractivity contribution in [1.29, 1.82) is 5.26 Å². The second-order valence-corrected chi connectivity index (χ2v) is 9.12. The lowest BCUT2D eigenvalue weighted by atomic mass is 10.2. The van der Waals surface area contributed by atoms with Gasteiger partial charge in [-0.3, -0.25) is 4.57 Å². The van der Waals surface area contributed by atoms with E-state index in [0.717, 1.165) is 6.26 Å². The van der Waals surface area contributed by atoms with Gasteiger partial charge in [-0.05, 0) is 31.2 Å². The summed E-state index contributed by atoms with van der Waals surface area (Å²) in [4.78, 5) is 12.6. The van der Waals surface area contributed by atoms with Crippen LogP contribution in [-0.4, -0.2) is 34.2 Å². The Morgan fingerprint density at radius 1 is 1.22 bits per heavy atom. The number of nitrogen functional groups attached to an aromatic ring is 1. The third-order valence-electron chi connectivity index (χ3n) is 4.88. The minimum absolute atomic E-state index is 0.0233. The highest BCUT2D eigenvalue weighted by Gasteiger charge is 2.24. The van der Waals surface area contributed by atoms with Crippen molar-refractivity contribution in [2.75, 3.05) is 17.3 Å². The average Bonchev–Trinajstić information content (AvgIpc) is 3.12. The lowest BCUT2D eigenvalue weighted by Crippen LogP contribution is -2.16. The van der Waals surface area contributed by atoms with Crippen LogP contribution >= 0.6 is 0 Å². The molecule has 0 aliphatic rings. The molecule has 0 unspecified atom stereocenters. The monoisotopic (exact) mass is 451 g/mol. The van der Waals surface area contributed by atoms with Crippen molar-refractivity contribution in [3.63, 3.8) is 0 Å². The Morgan fingerprint density at radius 2 is 1.97 bits per heavy atom. The third kappa shape index (κ3) is 3.72. The fraction of sp³-hybridized carbons (Fsp3) is 0.143. The van der Waals surface area contributed by atoms with Crippen molar-refractivity contribution >= 4 is 32.5 Å². The first-order valence-electron chi connectivity index (χ1n) is 9.45. The van der Waals surface area contributed by atoms with Gasteiger partial charge in [0.15, 0.2) is 9.84 Å². The molecule has 2 aromatic carbocycles. The SMILES string of the molecule is C[C@H](Nc1ncnc(N)c1C#N)c1nc2ccc(F)cc2n1-c1ccccc1S(C)(=O)=O. The van der Waals surface area contributed by atoms with Gasteiger partial charge in [-0.15, -0.1) is 0 Å². The summed E-state index contributed by atoms with van der Waals surface area (Å²) < 4.78 is 40.6. The highest BCUT2D eigenvalue weighted by atomic mass is 32.2. The van der Waals surface area contributed by atoms with E-state index in [1.807, 2.05) is 6.07 Å². The Hall–Kier alpha value is -4.04. The standard InChI is InChI=1S/C21H18FN7O2S/c1-12(27-20-14(10-23)19(24)25-11-26-20)21-28-15-8-7-13(22)9-17(15)29(21)16-5-3-4-6-18(16)32(2,30)31/h3-9,11-12H,1-2H3,(H3,24,25,26,27)/t12-/m0/s1. The van der Waals surface area contributed by atoms with E-state index in [4.69, 9.17) is 5.73 Å². The van der Waals surface area contributed by atoms with Crippen LogP contribution in [0, 0.1) is 17.1 Å². The van der Waals surface area contributed by atoms with Crippen LogP contribution < -0.4 is 11.1 Å². The minimum atomic E-state index is -3.60. The molecule has 2 aromatic heterocycles. The number of hydrogen-bond donors (Lipinski definition) is 2. The molecule has 11 heteroatoms. The number of aromatic nitrogens is 4. The molecule has 0 fully saturated rings. The molecule has 0 aliphatic heterocycles. The molecule has 32 heavy (non-hydrogen) atoms. The number of benzene rings is 2. The first kappa shape index (κ1) is 21.2. The summed E-state index contributed by atoms with van der Waals surface area (Å²) in [6.45, 7) is 1.76. The number of nitriles is 1. The zero-order chi connectivity index (χ0) is 23.0. The lowest BCUT2D eigenvalue weighted by molar-refractivity contribution is 0.601. The van der Waals surface area contributed by atoms with Crippen molar-refractivity contribution < 1.29 is 12.8 Å². The van der Waals surface area contributed by atoms with Crippen LogP contribution in [-0.2, 0) is 9.84 Å². The van der Waals surface area contributed by atoms with Crippen LogP contribution in [0.5, 0.6) is 0 Å². The highest BCUT2D eigenvalue weighted by molar-refractivity contribution is 7.90. The molecule has 3 N–H and O–H groups in total. The predicted molar refractivity (Wildman–Crippen MR) is 117 cm³/mol. The van der Waals surface area contributed by atoms with Gasteiger partial charge < -0.3 is 11.1 Å². The molecule has 2 heterocycles. The first-order valence-corrected chi connectivity index (χ1v) is 11.3. The van der Waals surface area contributed by atoms with Gasteiger partial charge in [-0.2, -0.15) is 5.26 Å². The fourth-order valence-corrected chi connectivity index (χ4v) is 4.32. The number of fused-ring (bicyclic) bond motifs is 1. The van der Waals surface area contributed by atoms with E-state index >= 15 is 0 Å². The number of nitrogens with zero attached hydrogens (tertiary/aromatic N) is 5. The number of rotatable bonds is 5. The second-order valence-electron chi connectivity index (χ2n) is 7.14. The minimum Gasteiger partial charge on any atom is -0.382 e. The van der Waals surface area contributed by atoms with Crippen molar-refractivity contribution in [1.82, 2.24) is 19.5 Å². The van der Waals surface area contributed by atoms with E-state index in [-0.39, 0.29) is 22.1 Å². The molecule has 4 aromatic rings. The van der Waals surface area contributed by atoms with Crippen LogP contribution in [0.3, 0.4) is 0 Å². The summed E-state index contributed by atoms with van der Waals surface area (Å²) >= 11 is 0. The van der Waals surface area contributed by atoms with Crippen LogP contribution in [0.25, 0.3) is 16.7 Å². The van der Waals surface area contributed by atoms with Crippen molar-refractivity contribution in [3.8, 4) is 11.8 Å². The highest BCUT2D eigenvalue weighted by Crippen LogP contribution is 2.31. The van der Waals surface area contributed by atoms with E-state index in [1.54, 1.807) is 29.7 Å². The number of anilines is 2. The van der Waals surface area contributed by atoms with Gasteiger partial charge in [0.25, 0.3) is 0 Å². The maximum Gasteiger partial charge on any atom is 0.177 e. The number of nitrogens with two attached hydrogens (primary N) is 1. The van der Waals surface area contributed by atoms with Crippen LogP contribution in [0.15, 0.2) is 53.7 Å². The number of sulfone groups is 1. The Balaban J connectivity index is 1.95. The number of halogens is 1. The fourth-order valence-electron chi connectivity index (χ4n) is 3.45. The Bertz CT molecular complexity index is 1490. The molecule has 162 valence electrons. The van der Waals surface area contributed by atoms with E-state index in [0.29, 0.717) is 22.5 Å². The number of hydrogen-bond acceptors (Lipinski definition) is 8. The quantitative estimate of drug-likeness (QED) is 0.472. The topological polar surface area (TPSA) is 140 Å². The Morgan fingerprint density at radius 3 is 2.69 bits per heavy atom. The summed E-state index contributed by atoms with van der Waals surface area (Å²) in [6.07, 6.45) is 2.33. The molecule has 0 amide bonds. The van der Waals surface area contributed by atoms with Gasteiger partial charge in [0, 0.05) is 12.3 Å². The maximum absolute atomic E-state index is 14.1. The molecule has 0 spiro atoms. The number of imidazole rings is 1. The molecular formula is C21H18FN7O2S. The molecule has 0 saturated carbocycles. The molecule has 0 bridgehead atoms. The van der Waals surface area contributed by atoms with Crippen LogP contribution in [0.4, 0.5) is 16.0 Å². The van der Waals surface area contributed by atoms with Crippen molar-refractivity contribution in [2.24, 2.45) is 0 Å². The molecule has 1 atom stereocenters. The number of para-hydroxylation sites is 1. The molecule has 0 aliphatic carbocycles. The molecule has 4 rings (SSSR count). The van der Waals surface area contributed by atoms with E-state index in [2.05, 4.69) is 20.3 Å². The van der Waals surface area contributed by atoms with E-state index in [9.17, 15) is 18.1 Å². The zero-order valence-corrected chi connectivity index (χ0v) is 17.9. The largest absolute Gasteiger partial charge is 0.382 e. The summed E-state index contributed by atoms with van der Waals surface area (Å²) in [5.41, 5.74) is 7.04. The molecular weight excluding hydrogens is 433 g/mol. The zero-order valence-electron chi connectivity index (χ0n) is 17.1. The summed E-state index contributed by atoms with van der Waals surface area (Å²) in [5, 5.41) is 12.5. The number of nitrogens with one attached hydrogen (secondary N) is 1. The van der Waals surface area contributed by atoms with Crippen LogP contribution in [0.1, 0.15) is 24.4 Å². The van der Waals surface area contributed by atoms with E-state index in [1.165, 1.54) is 30.6 Å². The Kier molecular flexibility index (Phi) is 5.23. The third-order valence-corrected chi connectivity index (χ3v) is 6.02. The van der Waals surface area contributed by atoms with Gasteiger partial charge in [0.1, 0.15) is 41.2 Å². The molecule has 0 radical (unpaired) electrons. The van der Waals surface area contributed by atoms with Gasteiger partial charge in [0.05, 0.1) is 27.7 Å².